The minimum absolute atomic E-state index is 0. The molecule has 5 nitrogen and oxygen atoms in total. The van der Waals surface area contributed by atoms with Crippen LogP contribution >= 0.6 is 0 Å². The summed E-state index contributed by atoms with van der Waals surface area (Å²) in [5, 5.41) is 3.15. The third kappa shape index (κ3) is 6.31. The minimum atomic E-state index is -0.317. The van der Waals surface area contributed by atoms with Crippen molar-refractivity contribution in [3.05, 3.63) is 75.0 Å². The smallest absolute Gasteiger partial charge is 0.463 e. The molecule has 1 heterocycles. The zero-order valence-electron chi connectivity index (χ0n) is 15.5. The average molecular weight is 395 g/mol. The number of allylic oxidation sites excluding steroid dienone is 1. The zero-order chi connectivity index (χ0) is 18.2. The number of esters is 1. The SMILES string of the molecule is CCOC(=O)C1=C(C)NC(N(C)C)=NC1[C]1[CH][CH][CH][CH]1.[CH]1[CH][CH][CH][CH]1.[Fe+2]. The van der Waals surface area contributed by atoms with Crippen molar-refractivity contribution in [2.75, 3.05) is 20.7 Å². The summed E-state index contributed by atoms with van der Waals surface area (Å²) in [7, 11) is 3.83. The summed E-state index contributed by atoms with van der Waals surface area (Å²) in [6.07, 6.45) is 17.8. The van der Waals surface area contributed by atoms with Crippen LogP contribution in [0.1, 0.15) is 13.8 Å². The Bertz CT molecular complexity index is 500. The van der Waals surface area contributed by atoms with E-state index in [1.165, 1.54) is 0 Å². The molecule has 3 rings (SSSR count). The molecule has 0 amide bonds. The number of rotatable bonds is 3. The second-order valence-corrected chi connectivity index (χ2v) is 5.81. The van der Waals surface area contributed by atoms with Gasteiger partial charge in [0, 0.05) is 25.7 Å². The van der Waals surface area contributed by atoms with Crippen molar-refractivity contribution in [3.63, 3.8) is 0 Å². The fraction of sp³-hybridized carbons (Fsp3) is 0.300. The molecule has 0 aromatic rings. The summed E-state index contributed by atoms with van der Waals surface area (Å²) >= 11 is 0. The molecule has 26 heavy (non-hydrogen) atoms. The van der Waals surface area contributed by atoms with Gasteiger partial charge in [-0.05, 0) is 71.6 Å². The van der Waals surface area contributed by atoms with Crippen LogP contribution in [0.5, 0.6) is 0 Å². The number of hydrogen-bond donors (Lipinski definition) is 1. The largest absolute Gasteiger partial charge is 2.00 e. The molecule has 0 aromatic heterocycles. The van der Waals surface area contributed by atoms with Gasteiger partial charge in [-0.3, -0.25) is 0 Å². The second kappa shape index (κ2) is 11.7. The van der Waals surface area contributed by atoms with Gasteiger partial charge in [0.2, 0.25) is 0 Å². The normalized spacial score (nSPS) is 22.6. The Morgan fingerprint density at radius 3 is 2.12 bits per heavy atom. The third-order valence-corrected chi connectivity index (χ3v) is 3.71. The maximum Gasteiger partial charge on any atom is 2.00 e. The van der Waals surface area contributed by atoms with Gasteiger partial charge in [-0.2, -0.15) is 0 Å². The fourth-order valence-corrected chi connectivity index (χ4v) is 2.49. The average Bonchev–Trinajstić information content (AvgIpc) is 3.30. The summed E-state index contributed by atoms with van der Waals surface area (Å²) in [5.41, 5.74) is 1.36. The Balaban J connectivity index is 0.000000486. The predicted molar refractivity (Wildman–Crippen MR) is 99.3 cm³/mol. The third-order valence-electron chi connectivity index (χ3n) is 3.71. The van der Waals surface area contributed by atoms with Gasteiger partial charge in [-0.15, -0.1) is 0 Å². The molecule has 138 valence electrons. The Morgan fingerprint density at radius 2 is 1.65 bits per heavy atom. The molecule has 3 aliphatic rings. The number of carbonyl (C=O) groups excluding carboxylic acids is 1. The number of aliphatic imine (C=N–C) groups is 1. The van der Waals surface area contributed by atoms with Crippen LogP contribution in [0.15, 0.2) is 16.3 Å². The summed E-state index contributed by atoms with van der Waals surface area (Å²) in [4.78, 5) is 18.7. The van der Waals surface area contributed by atoms with E-state index < -0.39 is 0 Å². The van der Waals surface area contributed by atoms with Gasteiger partial charge < -0.3 is 15.0 Å². The van der Waals surface area contributed by atoms with Crippen LogP contribution < -0.4 is 5.32 Å². The van der Waals surface area contributed by atoms with Crippen molar-refractivity contribution in [2.24, 2.45) is 4.99 Å². The molecule has 1 unspecified atom stereocenters. The van der Waals surface area contributed by atoms with Crippen LogP contribution in [0.25, 0.3) is 0 Å². The van der Waals surface area contributed by atoms with Crippen LogP contribution in [0, 0.1) is 63.7 Å². The number of carbonyl (C=O) groups is 1. The standard InChI is InChI=1S/C15H20N3O2.C5H5.Fe/c1-5-20-14(19)12-10(2)16-15(18(3)4)17-13(12)11-8-6-7-9-11;1-2-4-5-3-1;/h6-9,13H,5H2,1-4H3,(H,16,17);1-5H;/q;;+2. The van der Waals surface area contributed by atoms with Gasteiger partial charge >= 0.3 is 23.0 Å². The zero-order valence-corrected chi connectivity index (χ0v) is 16.6. The van der Waals surface area contributed by atoms with Crippen LogP contribution in [-0.4, -0.2) is 43.6 Å². The monoisotopic (exact) mass is 395 g/mol. The molecule has 1 atom stereocenters. The molecule has 0 spiro atoms. The molecular formula is C20H25FeN3O2+2. The Morgan fingerprint density at radius 1 is 1.12 bits per heavy atom. The minimum Gasteiger partial charge on any atom is -0.463 e. The number of nitrogens with zero attached hydrogens (tertiary/aromatic N) is 2. The molecule has 6 heteroatoms. The first kappa shape index (κ1) is 23.0. The van der Waals surface area contributed by atoms with E-state index in [2.05, 4.69) is 10.3 Å². The molecule has 2 fully saturated rings. The van der Waals surface area contributed by atoms with E-state index in [-0.39, 0.29) is 29.1 Å². The van der Waals surface area contributed by atoms with E-state index in [9.17, 15) is 4.79 Å². The topological polar surface area (TPSA) is 53.9 Å². The van der Waals surface area contributed by atoms with E-state index in [0.29, 0.717) is 12.2 Å². The van der Waals surface area contributed by atoms with Crippen molar-refractivity contribution >= 4 is 11.9 Å². The molecule has 1 N–H and O–H groups in total. The second-order valence-electron chi connectivity index (χ2n) is 5.81. The van der Waals surface area contributed by atoms with E-state index in [4.69, 9.17) is 4.74 Å². The van der Waals surface area contributed by atoms with Gasteiger partial charge in [0.15, 0.2) is 5.96 Å². The van der Waals surface area contributed by atoms with E-state index >= 15 is 0 Å². The summed E-state index contributed by atoms with van der Waals surface area (Å²) in [6, 6.07) is -0.317. The molecule has 0 aromatic carbocycles. The van der Waals surface area contributed by atoms with Gasteiger partial charge in [0.05, 0.1) is 18.2 Å². The van der Waals surface area contributed by atoms with Crippen LogP contribution in [0.4, 0.5) is 0 Å². The Kier molecular flexibility index (Phi) is 10.3. The summed E-state index contributed by atoms with van der Waals surface area (Å²) in [5.74, 6) is 1.42. The van der Waals surface area contributed by atoms with Gasteiger partial charge in [0.25, 0.3) is 0 Å². The number of hydrogen-bond acceptors (Lipinski definition) is 5. The fourth-order valence-electron chi connectivity index (χ4n) is 2.49. The summed E-state index contributed by atoms with van der Waals surface area (Å²) in [6.45, 7) is 4.03. The molecule has 0 bridgehead atoms. The molecule has 2 aliphatic carbocycles. The molecule has 1 aliphatic heterocycles. The van der Waals surface area contributed by atoms with Crippen molar-refractivity contribution in [1.29, 1.82) is 0 Å². The quantitative estimate of drug-likeness (QED) is 0.588. The molecular weight excluding hydrogens is 370 g/mol. The number of ether oxygens (including phenoxy) is 1. The first-order valence-corrected chi connectivity index (χ1v) is 8.33. The maximum atomic E-state index is 12.2. The van der Waals surface area contributed by atoms with E-state index in [1.54, 1.807) is 6.92 Å². The van der Waals surface area contributed by atoms with Gasteiger partial charge in [-0.1, -0.05) is 0 Å². The van der Waals surface area contributed by atoms with Crippen molar-refractivity contribution < 1.29 is 26.6 Å². The van der Waals surface area contributed by atoms with Crippen LogP contribution in [0.2, 0.25) is 0 Å². The Labute approximate surface area is 169 Å². The molecule has 10 radical (unpaired) electrons. The number of guanidine groups is 1. The maximum absolute atomic E-state index is 12.2. The van der Waals surface area contributed by atoms with Crippen LogP contribution in [0.3, 0.4) is 0 Å². The Hall–Kier alpha value is -1.00. The van der Waals surface area contributed by atoms with Gasteiger partial charge in [0.1, 0.15) is 0 Å². The van der Waals surface area contributed by atoms with Crippen molar-refractivity contribution in [2.45, 2.75) is 19.9 Å². The molecule has 0 saturated heterocycles. The van der Waals surface area contributed by atoms with E-state index in [0.717, 1.165) is 17.6 Å². The number of nitrogens with one attached hydrogen (secondary N) is 1. The predicted octanol–water partition coefficient (Wildman–Crippen LogP) is 2.14. The molecule has 2 saturated carbocycles. The van der Waals surface area contributed by atoms with Gasteiger partial charge in [-0.25, -0.2) is 9.79 Å². The first-order chi connectivity index (χ1) is 12.0. The van der Waals surface area contributed by atoms with Crippen molar-refractivity contribution in [1.82, 2.24) is 10.2 Å². The summed E-state index contributed by atoms with van der Waals surface area (Å²) < 4.78 is 5.16. The van der Waals surface area contributed by atoms with Crippen molar-refractivity contribution in [3.8, 4) is 0 Å². The van der Waals surface area contributed by atoms with Crippen LogP contribution in [-0.2, 0) is 26.6 Å². The van der Waals surface area contributed by atoms with E-state index in [1.807, 2.05) is 83.7 Å². The first-order valence-electron chi connectivity index (χ1n) is 8.33.